The molecule has 4 heteroatoms. The molecule has 0 heterocycles. The number of carbonyl (C=O) groups excluding carboxylic acids is 1. The number of nitrogens with two attached hydrogens (primary N) is 1. The fraction of sp³-hybridized carbons (Fsp3) is 0.417. The van der Waals surface area contributed by atoms with Gasteiger partial charge in [-0.05, 0) is 24.1 Å². The summed E-state index contributed by atoms with van der Waals surface area (Å²) >= 11 is 0. The van der Waals surface area contributed by atoms with Gasteiger partial charge in [-0.2, -0.15) is 0 Å². The molecule has 3 nitrogen and oxygen atoms in total. The van der Waals surface area contributed by atoms with Gasteiger partial charge in [0.1, 0.15) is 5.75 Å². The first-order valence-electron chi connectivity index (χ1n) is 5.08. The molecule has 0 aliphatic heterocycles. The Morgan fingerprint density at radius 3 is 2.25 bits per heavy atom. The number of phenolic OH excluding ortho intramolecular Hbond substituents is 1. The minimum Gasteiger partial charge on any atom is -0.508 e. The van der Waals surface area contributed by atoms with Gasteiger partial charge in [-0.3, -0.25) is 4.79 Å². The maximum atomic E-state index is 11.5. The third-order valence-electron chi connectivity index (χ3n) is 2.33. The number of phenols is 1. The van der Waals surface area contributed by atoms with Gasteiger partial charge in [-0.25, -0.2) is 0 Å². The van der Waals surface area contributed by atoms with Crippen LogP contribution in [0, 0.1) is 5.92 Å². The van der Waals surface area contributed by atoms with E-state index in [1.165, 1.54) is 0 Å². The van der Waals surface area contributed by atoms with Crippen LogP contribution in [0.4, 0.5) is 0 Å². The summed E-state index contributed by atoms with van der Waals surface area (Å²) in [5.41, 5.74) is 6.74. The van der Waals surface area contributed by atoms with Gasteiger partial charge in [-0.15, -0.1) is 12.4 Å². The monoisotopic (exact) mass is 243 g/mol. The van der Waals surface area contributed by atoms with Crippen molar-refractivity contribution in [3.8, 4) is 5.75 Å². The molecule has 0 bridgehead atoms. The number of halogens is 1. The van der Waals surface area contributed by atoms with Crippen molar-refractivity contribution in [2.75, 3.05) is 0 Å². The summed E-state index contributed by atoms with van der Waals surface area (Å²) in [6.45, 7) is 3.69. The molecule has 0 amide bonds. The Morgan fingerprint density at radius 1 is 1.31 bits per heavy atom. The minimum atomic E-state index is -0.449. The van der Waals surface area contributed by atoms with E-state index in [1.807, 2.05) is 13.8 Å². The van der Waals surface area contributed by atoms with Gasteiger partial charge in [0.25, 0.3) is 0 Å². The first-order valence-corrected chi connectivity index (χ1v) is 5.08. The predicted molar refractivity (Wildman–Crippen MR) is 66.9 cm³/mol. The van der Waals surface area contributed by atoms with E-state index in [-0.39, 0.29) is 29.9 Å². The van der Waals surface area contributed by atoms with Gasteiger partial charge in [0.15, 0.2) is 5.78 Å². The Kier molecular flexibility index (Phi) is 6.08. The average Bonchev–Trinajstić information content (AvgIpc) is 2.20. The number of hydrogen-bond acceptors (Lipinski definition) is 3. The summed E-state index contributed by atoms with van der Waals surface area (Å²) in [5.74, 6) is 0.266. The van der Waals surface area contributed by atoms with Gasteiger partial charge < -0.3 is 10.8 Å². The van der Waals surface area contributed by atoms with Crippen LogP contribution in [-0.2, 0) is 11.2 Å². The second-order valence-electron chi connectivity index (χ2n) is 4.03. The van der Waals surface area contributed by atoms with E-state index in [0.717, 1.165) is 5.56 Å². The zero-order valence-electron chi connectivity index (χ0n) is 9.51. The molecule has 0 aliphatic carbocycles. The molecule has 16 heavy (non-hydrogen) atoms. The van der Waals surface area contributed by atoms with Crippen molar-refractivity contribution in [2.45, 2.75) is 26.3 Å². The van der Waals surface area contributed by atoms with Crippen molar-refractivity contribution in [1.82, 2.24) is 0 Å². The lowest BCUT2D eigenvalue weighted by Gasteiger charge is -2.12. The maximum absolute atomic E-state index is 11.5. The van der Waals surface area contributed by atoms with Crippen molar-refractivity contribution in [2.24, 2.45) is 11.7 Å². The molecule has 0 unspecified atom stereocenters. The van der Waals surface area contributed by atoms with Crippen LogP contribution in [0.5, 0.6) is 5.75 Å². The number of hydrogen-bond donors (Lipinski definition) is 2. The third-order valence-corrected chi connectivity index (χ3v) is 2.33. The smallest absolute Gasteiger partial charge is 0.152 e. The number of Topliss-reactive ketones (excluding diaryl/α,β-unsaturated/α-hetero) is 1. The highest BCUT2D eigenvalue weighted by molar-refractivity contribution is 5.85. The Morgan fingerprint density at radius 2 is 1.81 bits per heavy atom. The molecule has 0 aromatic heterocycles. The Balaban J connectivity index is 0.00000225. The highest BCUT2D eigenvalue weighted by Crippen LogP contribution is 2.12. The van der Waals surface area contributed by atoms with Gasteiger partial charge in [0.2, 0.25) is 0 Å². The molecule has 0 saturated carbocycles. The largest absolute Gasteiger partial charge is 0.508 e. The Bertz CT molecular complexity index is 335. The molecule has 90 valence electrons. The summed E-state index contributed by atoms with van der Waals surface area (Å²) in [6.07, 6.45) is 0.525. The molecule has 1 aromatic rings. The number of aromatic hydroxyl groups is 1. The quantitative estimate of drug-likeness (QED) is 0.849. The van der Waals surface area contributed by atoms with Crippen LogP contribution in [0.2, 0.25) is 0 Å². The SMILES string of the molecule is CC(C)C(=O)[C@@H](N)Cc1ccc(O)cc1.Cl. The molecule has 1 atom stereocenters. The standard InChI is InChI=1S/C12H17NO2.ClH/c1-8(2)12(15)11(13)7-9-3-5-10(14)6-4-9;/h3-6,8,11,14H,7,13H2,1-2H3;1H/t11-;/m0./s1. The summed E-state index contributed by atoms with van der Waals surface area (Å²) in [5, 5.41) is 9.09. The molecule has 0 saturated heterocycles. The van der Waals surface area contributed by atoms with Crippen LogP contribution in [0.15, 0.2) is 24.3 Å². The number of carbonyl (C=O) groups is 1. The van der Waals surface area contributed by atoms with Gasteiger partial charge in [0, 0.05) is 5.92 Å². The van der Waals surface area contributed by atoms with E-state index in [0.29, 0.717) is 6.42 Å². The van der Waals surface area contributed by atoms with Crippen LogP contribution in [-0.4, -0.2) is 16.9 Å². The van der Waals surface area contributed by atoms with E-state index < -0.39 is 6.04 Å². The highest BCUT2D eigenvalue weighted by Gasteiger charge is 2.16. The normalized spacial score (nSPS) is 12.0. The van der Waals surface area contributed by atoms with Crippen LogP contribution in [0.1, 0.15) is 19.4 Å². The van der Waals surface area contributed by atoms with Gasteiger partial charge in [0.05, 0.1) is 6.04 Å². The highest BCUT2D eigenvalue weighted by atomic mass is 35.5. The van der Waals surface area contributed by atoms with Crippen LogP contribution < -0.4 is 5.73 Å². The van der Waals surface area contributed by atoms with Crippen molar-refractivity contribution >= 4 is 18.2 Å². The van der Waals surface area contributed by atoms with E-state index in [4.69, 9.17) is 10.8 Å². The van der Waals surface area contributed by atoms with E-state index in [2.05, 4.69) is 0 Å². The van der Waals surface area contributed by atoms with E-state index in [9.17, 15) is 4.79 Å². The van der Waals surface area contributed by atoms with Crippen molar-refractivity contribution < 1.29 is 9.90 Å². The topological polar surface area (TPSA) is 63.3 Å². The Labute approximate surface area is 102 Å². The molecule has 0 radical (unpaired) electrons. The van der Waals surface area contributed by atoms with E-state index in [1.54, 1.807) is 24.3 Å². The lowest BCUT2D eigenvalue weighted by molar-refractivity contribution is -0.123. The zero-order chi connectivity index (χ0) is 11.4. The number of benzene rings is 1. The molecule has 1 rings (SSSR count). The number of ketones is 1. The summed E-state index contributed by atoms with van der Waals surface area (Å²) in [7, 11) is 0. The lowest BCUT2D eigenvalue weighted by Crippen LogP contribution is -2.35. The van der Waals surface area contributed by atoms with Crippen LogP contribution >= 0.6 is 12.4 Å². The first kappa shape index (κ1) is 14.9. The summed E-state index contributed by atoms with van der Waals surface area (Å²) < 4.78 is 0. The van der Waals surface area contributed by atoms with Crippen molar-refractivity contribution in [3.05, 3.63) is 29.8 Å². The summed E-state index contributed by atoms with van der Waals surface area (Å²) in [6, 6.07) is 6.31. The van der Waals surface area contributed by atoms with Crippen LogP contribution in [0.3, 0.4) is 0 Å². The fourth-order valence-corrected chi connectivity index (χ4v) is 1.41. The van der Waals surface area contributed by atoms with Crippen molar-refractivity contribution in [1.29, 1.82) is 0 Å². The van der Waals surface area contributed by atoms with Gasteiger partial charge in [-0.1, -0.05) is 26.0 Å². The predicted octanol–water partition coefficient (Wildman–Crippen LogP) is 1.91. The molecule has 3 N–H and O–H groups in total. The van der Waals surface area contributed by atoms with Crippen LogP contribution in [0.25, 0.3) is 0 Å². The summed E-state index contributed by atoms with van der Waals surface area (Å²) in [4.78, 5) is 11.5. The zero-order valence-corrected chi connectivity index (χ0v) is 10.3. The maximum Gasteiger partial charge on any atom is 0.152 e. The molecule has 1 aromatic carbocycles. The molecule has 0 spiro atoms. The fourth-order valence-electron chi connectivity index (χ4n) is 1.41. The van der Waals surface area contributed by atoms with Gasteiger partial charge >= 0.3 is 0 Å². The Hall–Kier alpha value is -1.06. The minimum absolute atomic E-state index is 0. The first-order chi connectivity index (χ1) is 7.00. The molecule has 0 fully saturated rings. The van der Waals surface area contributed by atoms with E-state index >= 15 is 0 Å². The second kappa shape index (κ2) is 6.51. The average molecular weight is 244 g/mol. The second-order valence-corrected chi connectivity index (χ2v) is 4.03. The number of rotatable bonds is 4. The molecule has 0 aliphatic rings. The third kappa shape index (κ3) is 4.21. The lowest BCUT2D eigenvalue weighted by atomic mass is 9.96. The van der Waals surface area contributed by atoms with Crippen molar-refractivity contribution in [3.63, 3.8) is 0 Å². The molecular weight excluding hydrogens is 226 g/mol. The molecular formula is C12H18ClNO2.